The third-order valence-electron chi connectivity index (χ3n) is 3.02. The molecule has 0 aliphatic heterocycles. The van der Waals surface area contributed by atoms with E-state index in [4.69, 9.17) is 5.11 Å². The molecule has 1 aliphatic carbocycles. The second kappa shape index (κ2) is 4.02. The van der Waals surface area contributed by atoms with Crippen LogP contribution in [0.5, 0.6) is 0 Å². The summed E-state index contributed by atoms with van der Waals surface area (Å²) in [5.74, 6) is 0.286. The van der Waals surface area contributed by atoms with Crippen LogP contribution < -0.4 is 11.2 Å². The fourth-order valence-electron chi connectivity index (χ4n) is 2.18. The number of aliphatic hydroxyl groups excluding tert-OH is 1. The smallest absolute Gasteiger partial charge is 0.328 e. The summed E-state index contributed by atoms with van der Waals surface area (Å²) in [4.78, 5) is 24.6. The molecule has 0 aromatic carbocycles. The molecule has 1 fully saturated rings. The van der Waals surface area contributed by atoms with E-state index in [1.807, 2.05) is 0 Å². The van der Waals surface area contributed by atoms with Crippen LogP contribution in [0.2, 0.25) is 0 Å². The highest BCUT2D eigenvalue weighted by Crippen LogP contribution is 2.32. The lowest BCUT2D eigenvalue weighted by atomic mass is 10.1. The van der Waals surface area contributed by atoms with E-state index in [9.17, 15) is 9.59 Å². The van der Waals surface area contributed by atoms with E-state index in [0.29, 0.717) is 0 Å². The Labute approximate surface area is 86.4 Å². The number of aromatic nitrogens is 2. The van der Waals surface area contributed by atoms with Crippen LogP contribution in [0.25, 0.3) is 0 Å². The topological polar surface area (TPSA) is 75.1 Å². The number of nitrogens with zero attached hydrogens (tertiary/aromatic N) is 1. The fourth-order valence-corrected chi connectivity index (χ4v) is 2.18. The van der Waals surface area contributed by atoms with Gasteiger partial charge in [0, 0.05) is 24.9 Å². The van der Waals surface area contributed by atoms with Gasteiger partial charge in [-0.15, -0.1) is 0 Å². The monoisotopic (exact) mass is 210 g/mol. The van der Waals surface area contributed by atoms with E-state index in [1.54, 1.807) is 4.57 Å². The Kier molecular flexibility index (Phi) is 2.73. The molecule has 0 unspecified atom stereocenters. The zero-order chi connectivity index (χ0) is 10.8. The normalized spacial score (nSPS) is 25.7. The summed E-state index contributed by atoms with van der Waals surface area (Å²) in [5.41, 5.74) is -0.723. The van der Waals surface area contributed by atoms with Crippen molar-refractivity contribution in [3.8, 4) is 0 Å². The Bertz CT molecular complexity index is 448. The minimum Gasteiger partial charge on any atom is -0.396 e. The van der Waals surface area contributed by atoms with Gasteiger partial charge in [-0.25, -0.2) is 4.79 Å². The van der Waals surface area contributed by atoms with Crippen LogP contribution in [0.3, 0.4) is 0 Å². The van der Waals surface area contributed by atoms with Crippen molar-refractivity contribution in [2.75, 3.05) is 6.61 Å². The maximum atomic E-state index is 11.5. The first-order valence-electron chi connectivity index (χ1n) is 5.13. The summed E-state index contributed by atoms with van der Waals surface area (Å²) in [5, 5.41) is 9.00. The SMILES string of the molecule is O=c1ccn([C@@H]2CC[C@H](CO)C2)c(=O)[nH]1. The van der Waals surface area contributed by atoms with Gasteiger partial charge in [-0.3, -0.25) is 14.3 Å². The van der Waals surface area contributed by atoms with Crippen molar-refractivity contribution in [3.05, 3.63) is 33.1 Å². The number of hydrogen-bond donors (Lipinski definition) is 2. The summed E-state index contributed by atoms with van der Waals surface area (Å²) in [6.07, 6.45) is 4.16. The lowest BCUT2D eigenvalue weighted by Crippen LogP contribution is -2.30. The van der Waals surface area contributed by atoms with Gasteiger partial charge in [0.1, 0.15) is 0 Å². The molecule has 0 radical (unpaired) electrons. The third-order valence-corrected chi connectivity index (χ3v) is 3.02. The van der Waals surface area contributed by atoms with Crippen LogP contribution in [0.15, 0.2) is 21.9 Å². The average molecular weight is 210 g/mol. The molecule has 15 heavy (non-hydrogen) atoms. The molecule has 0 saturated heterocycles. The van der Waals surface area contributed by atoms with Crippen LogP contribution in [0.4, 0.5) is 0 Å². The average Bonchev–Trinajstić information content (AvgIpc) is 2.66. The van der Waals surface area contributed by atoms with Crippen molar-refractivity contribution in [2.24, 2.45) is 5.92 Å². The van der Waals surface area contributed by atoms with Crippen molar-refractivity contribution < 1.29 is 5.11 Å². The summed E-state index contributed by atoms with van der Waals surface area (Å²) in [6, 6.07) is 1.47. The number of aliphatic hydroxyl groups is 1. The van der Waals surface area contributed by atoms with Crippen LogP contribution in [0, 0.1) is 5.92 Å². The van der Waals surface area contributed by atoms with Gasteiger partial charge < -0.3 is 5.11 Å². The van der Waals surface area contributed by atoms with Crippen molar-refractivity contribution >= 4 is 0 Å². The standard InChI is InChI=1S/C10H14N2O3/c13-6-7-1-2-8(5-7)12-4-3-9(14)11-10(12)15/h3-4,7-8,13H,1-2,5-6H2,(H,11,14,15)/t7-,8+/m0/s1. The lowest BCUT2D eigenvalue weighted by molar-refractivity contribution is 0.226. The van der Waals surface area contributed by atoms with E-state index in [0.717, 1.165) is 19.3 Å². The number of nitrogens with one attached hydrogen (secondary N) is 1. The zero-order valence-electron chi connectivity index (χ0n) is 8.35. The Morgan fingerprint density at radius 1 is 1.47 bits per heavy atom. The number of H-pyrrole nitrogens is 1. The van der Waals surface area contributed by atoms with E-state index in [1.165, 1.54) is 12.3 Å². The molecule has 2 rings (SSSR count). The minimum atomic E-state index is -0.368. The molecule has 2 atom stereocenters. The van der Waals surface area contributed by atoms with Crippen molar-refractivity contribution in [3.63, 3.8) is 0 Å². The molecule has 0 amide bonds. The van der Waals surface area contributed by atoms with Gasteiger partial charge in [0.2, 0.25) is 0 Å². The molecular formula is C10H14N2O3. The van der Waals surface area contributed by atoms with Crippen LogP contribution in [-0.2, 0) is 0 Å². The zero-order valence-corrected chi connectivity index (χ0v) is 8.35. The van der Waals surface area contributed by atoms with Gasteiger partial charge in [0.05, 0.1) is 0 Å². The highest BCUT2D eigenvalue weighted by molar-refractivity contribution is 4.89. The first-order valence-corrected chi connectivity index (χ1v) is 5.13. The molecular weight excluding hydrogens is 196 g/mol. The highest BCUT2D eigenvalue weighted by atomic mass is 16.3. The molecule has 0 spiro atoms. The Balaban J connectivity index is 2.24. The second-order valence-electron chi connectivity index (χ2n) is 4.03. The predicted octanol–water partition coefficient (Wildman–Crippen LogP) is -0.130. The van der Waals surface area contributed by atoms with Crippen LogP contribution in [0.1, 0.15) is 25.3 Å². The summed E-state index contributed by atoms with van der Waals surface area (Å²) in [7, 11) is 0. The molecule has 0 bridgehead atoms. The van der Waals surface area contributed by atoms with Crippen LogP contribution in [-0.4, -0.2) is 21.3 Å². The van der Waals surface area contributed by atoms with E-state index < -0.39 is 0 Å². The lowest BCUT2D eigenvalue weighted by Gasteiger charge is -2.12. The number of rotatable bonds is 2. The van der Waals surface area contributed by atoms with Crippen molar-refractivity contribution in [1.82, 2.24) is 9.55 Å². The molecule has 82 valence electrons. The van der Waals surface area contributed by atoms with E-state index in [2.05, 4.69) is 4.98 Å². The first kappa shape index (κ1) is 10.2. The van der Waals surface area contributed by atoms with Crippen molar-refractivity contribution in [2.45, 2.75) is 25.3 Å². The first-order chi connectivity index (χ1) is 7.20. The maximum absolute atomic E-state index is 11.5. The van der Waals surface area contributed by atoms with Gasteiger partial charge in [-0.05, 0) is 25.2 Å². The molecule has 5 heteroatoms. The molecule has 1 aromatic heterocycles. The van der Waals surface area contributed by atoms with Gasteiger partial charge in [0.15, 0.2) is 0 Å². The summed E-state index contributed by atoms with van der Waals surface area (Å²) < 4.78 is 1.55. The highest BCUT2D eigenvalue weighted by Gasteiger charge is 2.25. The Morgan fingerprint density at radius 3 is 2.87 bits per heavy atom. The third kappa shape index (κ3) is 2.02. The summed E-state index contributed by atoms with van der Waals surface area (Å²) >= 11 is 0. The predicted molar refractivity (Wildman–Crippen MR) is 54.8 cm³/mol. The fraction of sp³-hybridized carbons (Fsp3) is 0.600. The molecule has 1 aliphatic rings. The summed E-state index contributed by atoms with van der Waals surface area (Å²) in [6.45, 7) is 0.175. The van der Waals surface area contributed by atoms with Crippen molar-refractivity contribution in [1.29, 1.82) is 0 Å². The molecule has 1 heterocycles. The van der Waals surface area contributed by atoms with Crippen LogP contribution >= 0.6 is 0 Å². The van der Waals surface area contributed by atoms with Gasteiger partial charge in [-0.2, -0.15) is 0 Å². The van der Waals surface area contributed by atoms with Gasteiger partial charge in [0.25, 0.3) is 5.56 Å². The number of hydrogen-bond acceptors (Lipinski definition) is 3. The van der Waals surface area contributed by atoms with Gasteiger partial charge in [-0.1, -0.05) is 0 Å². The molecule has 1 aromatic rings. The molecule has 2 N–H and O–H groups in total. The Morgan fingerprint density at radius 2 is 2.27 bits per heavy atom. The minimum absolute atomic E-state index is 0.117. The molecule has 5 nitrogen and oxygen atoms in total. The molecule has 1 saturated carbocycles. The quantitative estimate of drug-likeness (QED) is 0.714. The maximum Gasteiger partial charge on any atom is 0.328 e. The largest absolute Gasteiger partial charge is 0.396 e. The number of aromatic amines is 1. The Hall–Kier alpha value is -1.36. The van der Waals surface area contributed by atoms with E-state index >= 15 is 0 Å². The van der Waals surface area contributed by atoms with Gasteiger partial charge >= 0.3 is 5.69 Å². The second-order valence-corrected chi connectivity index (χ2v) is 4.03. The van der Waals surface area contributed by atoms with E-state index in [-0.39, 0.29) is 29.8 Å².